The normalized spacial score (nSPS) is 11.6. The molecule has 0 saturated heterocycles. The molecule has 23 heavy (non-hydrogen) atoms. The Balaban J connectivity index is 2.32. The van der Waals surface area contributed by atoms with Crippen molar-refractivity contribution in [1.82, 2.24) is 9.88 Å². The van der Waals surface area contributed by atoms with E-state index in [9.17, 15) is 9.59 Å². The minimum Gasteiger partial charge on any atom is -0.332 e. The molecule has 5 nitrogen and oxygen atoms in total. The van der Waals surface area contributed by atoms with E-state index in [1.165, 1.54) is 0 Å². The van der Waals surface area contributed by atoms with Crippen LogP contribution in [0.4, 0.5) is 0 Å². The van der Waals surface area contributed by atoms with E-state index in [-0.39, 0.29) is 23.1 Å². The van der Waals surface area contributed by atoms with Gasteiger partial charge in [0.15, 0.2) is 0 Å². The number of aromatic nitrogens is 1. The largest absolute Gasteiger partial charge is 0.332 e. The molecule has 5 heteroatoms. The molecule has 0 spiro atoms. The Bertz CT molecular complexity index is 800. The number of rotatable bonds is 4. The minimum atomic E-state index is -0.375. The van der Waals surface area contributed by atoms with Gasteiger partial charge < -0.3 is 9.88 Å². The molecule has 1 N–H and O–H groups in total. The average molecular weight is 309 g/mol. The van der Waals surface area contributed by atoms with Crippen LogP contribution in [0.2, 0.25) is 0 Å². The second-order valence-electron chi connectivity index (χ2n) is 5.39. The van der Waals surface area contributed by atoms with E-state index in [0.717, 1.165) is 11.3 Å². The second-order valence-corrected chi connectivity index (χ2v) is 5.39. The molecule has 0 aliphatic rings. The number of aryl methyl sites for hydroxylation is 1. The summed E-state index contributed by atoms with van der Waals surface area (Å²) in [5.41, 5.74) is 1.97. The lowest BCUT2D eigenvalue weighted by molar-refractivity contribution is 0.0700. The number of pyridine rings is 1. The lowest BCUT2D eigenvalue weighted by Gasteiger charge is -2.28. The highest BCUT2D eigenvalue weighted by Crippen LogP contribution is 2.22. The number of hydrogen-bond acceptors (Lipinski definition) is 3. The van der Waals surface area contributed by atoms with Gasteiger partial charge in [-0.05, 0) is 50.6 Å². The van der Waals surface area contributed by atoms with Crippen molar-refractivity contribution >= 4 is 5.91 Å². The molecular weight excluding hydrogens is 290 g/mol. The standard InChI is InChI=1S/C18H19N3O2/c1-4-21(13(3)15-8-6-14(11-19)7-9-15)18(23)16-10-5-12(2)20-17(16)22/h5-10,13H,4H2,1-3H3,(H,20,22)/t13-/m0/s1. The van der Waals surface area contributed by atoms with Crippen molar-refractivity contribution in [3.63, 3.8) is 0 Å². The predicted octanol–water partition coefficient (Wildman–Crippen LogP) is 2.78. The number of hydrogen-bond donors (Lipinski definition) is 1. The third kappa shape index (κ3) is 3.49. The molecule has 0 aliphatic carbocycles. The Morgan fingerprint density at radius 1 is 1.26 bits per heavy atom. The molecule has 0 radical (unpaired) electrons. The number of H-pyrrole nitrogens is 1. The number of carbonyl (C=O) groups is 1. The Morgan fingerprint density at radius 2 is 1.91 bits per heavy atom. The highest BCUT2D eigenvalue weighted by atomic mass is 16.2. The van der Waals surface area contributed by atoms with Crippen LogP contribution < -0.4 is 5.56 Å². The third-order valence-electron chi connectivity index (χ3n) is 3.88. The lowest BCUT2D eigenvalue weighted by atomic mass is 10.0. The van der Waals surface area contributed by atoms with E-state index in [4.69, 9.17) is 5.26 Å². The van der Waals surface area contributed by atoms with Gasteiger partial charge in [0.05, 0.1) is 17.7 Å². The molecule has 1 atom stereocenters. The molecule has 0 bridgehead atoms. The highest BCUT2D eigenvalue weighted by Gasteiger charge is 2.23. The molecule has 1 aromatic carbocycles. The second kappa shape index (κ2) is 6.93. The summed E-state index contributed by atoms with van der Waals surface area (Å²) in [6, 6.07) is 12.3. The van der Waals surface area contributed by atoms with Gasteiger partial charge in [0, 0.05) is 12.2 Å². The van der Waals surface area contributed by atoms with Crippen LogP contribution in [0.5, 0.6) is 0 Å². The number of nitrogens with one attached hydrogen (secondary N) is 1. The van der Waals surface area contributed by atoms with Gasteiger partial charge in [-0.2, -0.15) is 5.26 Å². The summed E-state index contributed by atoms with van der Waals surface area (Å²) >= 11 is 0. The quantitative estimate of drug-likeness (QED) is 0.943. The summed E-state index contributed by atoms with van der Waals surface area (Å²) in [5, 5.41) is 8.86. The monoisotopic (exact) mass is 309 g/mol. The van der Waals surface area contributed by atoms with Crippen molar-refractivity contribution in [2.45, 2.75) is 26.8 Å². The molecule has 1 heterocycles. The molecule has 2 aromatic rings. The maximum atomic E-state index is 12.7. The van der Waals surface area contributed by atoms with E-state index in [1.54, 1.807) is 36.1 Å². The molecule has 118 valence electrons. The zero-order valence-electron chi connectivity index (χ0n) is 13.5. The first kappa shape index (κ1) is 16.5. The van der Waals surface area contributed by atoms with E-state index >= 15 is 0 Å². The fraction of sp³-hybridized carbons (Fsp3) is 0.278. The fourth-order valence-electron chi connectivity index (χ4n) is 2.50. The van der Waals surface area contributed by atoms with Gasteiger partial charge >= 0.3 is 0 Å². The van der Waals surface area contributed by atoms with Crippen LogP contribution in [0.25, 0.3) is 0 Å². The van der Waals surface area contributed by atoms with Gasteiger partial charge in [0.1, 0.15) is 5.56 Å². The van der Waals surface area contributed by atoms with E-state index in [1.807, 2.05) is 26.0 Å². The molecule has 2 rings (SSSR count). The molecule has 0 aliphatic heterocycles. The van der Waals surface area contributed by atoms with Crippen LogP contribution >= 0.6 is 0 Å². The maximum absolute atomic E-state index is 12.7. The van der Waals surface area contributed by atoms with Crippen molar-refractivity contribution in [1.29, 1.82) is 5.26 Å². The Morgan fingerprint density at radius 3 is 2.43 bits per heavy atom. The van der Waals surface area contributed by atoms with Crippen LogP contribution in [-0.2, 0) is 0 Å². The van der Waals surface area contributed by atoms with Crippen LogP contribution in [0.1, 0.15) is 47.1 Å². The maximum Gasteiger partial charge on any atom is 0.260 e. The summed E-state index contributed by atoms with van der Waals surface area (Å²) in [6.07, 6.45) is 0. The third-order valence-corrected chi connectivity index (χ3v) is 3.88. The summed E-state index contributed by atoms with van der Waals surface area (Å²) in [4.78, 5) is 29.0. The number of aromatic amines is 1. The van der Waals surface area contributed by atoms with Crippen molar-refractivity contribution < 1.29 is 4.79 Å². The summed E-state index contributed by atoms with van der Waals surface area (Å²) in [7, 11) is 0. The number of nitrogens with zero attached hydrogens (tertiary/aromatic N) is 2. The Hall–Kier alpha value is -2.87. The van der Waals surface area contributed by atoms with Gasteiger partial charge in [0.25, 0.3) is 11.5 Å². The number of benzene rings is 1. The Kier molecular flexibility index (Phi) is 4.97. The van der Waals surface area contributed by atoms with Gasteiger partial charge in [0.2, 0.25) is 0 Å². The van der Waals surface area contributed by atoms with Crippen molar-refractivity contribution in [3.05, 3.63) is 69.1 Å². The van der Waals surface area contributed by atoms with Crippen LogP contribution in [0, 0.1) is 18.3 Å². The van der Waals surface area contributed by atoms with Gasteiger partial charge in [-0.15, -0.1) is 0 Å². The molecule has 0 saturated carbocycles. The van der Waals surface area contributed by atoms with Crippen molar-refractivity contribution in [2.75, 3.05) is 6.54 Å². The SMILES string of the molecule is CCN(C(=O)c1ccc(C)[nH]c1=O)[C@@H](C)c1ccc(C#N)cc1. The number of amides is 1. The first-order valence-electron chi connectivity index (χ1n) is 7.49. The summed E-state index contributed by atoms with van der Waals surface area (Å²) < 4.78 is 0. The van der Waals surface area contributed by atoms with Crippen LogP contribution in [0.15, 0.2) is 41.2 Å². The minimum absolute atomic E-state index is 0.137. The summed E-state index contributed by atoms with van der Waals surface area (Å²) in [5.74, 6) is -0.300. The first-order valence-corrected chi connectivity index (χ1v) is 7.49. The van der Waals surface area contributed by atoms with Gasteiger partial charge in [-0.25, -0.2) is 0 Å². The summed E-state index contributed by atoms with van der Waals surface area (Å²) in [6.45, 7) is 6.03. The molecule has 1 amide bonds. The zero-order valence-corrected chi connectivity index (χ0v) is 13.5. The molecule has 1 aromatic heterocycles. The predicted molar refractivity (Wildman–Crippen MR) is 88.1 cm³/mol. The lowest BCUT2D eigenvalue weighted by Crippen LogP contribution is -2.36. The van der Waals surface area contributed by atoms with Crippen LogP contribution in [0.3, 0.4) is 0 Å². The molecule has 0 unspecified atom stereocenters. The van der Waals surface area contributed by atoms with E-state index in [0.29, 0.717) is 12.1 Å². The van der Waals surface area contributed by atoms with Crippen LogP contribution in [-0.4, -0.2) is 22.3 Å². The smallest absolute Gasteiger partial charge is 0.260 e. The first-order chi connectivity index (χ1) is 11.0. The van der Waals surface area contributed by atoms with Gasteiger partial charge in [-0.1, -0.05) is 12.1 Å². The molecule has 0 fully saturated rings. The van der Waals surface area contributed by atoms with E-state index in [2.05, 4.69) is 11.1 Å². The van der Waals surface area contributed by atoms with E-state index < -0.39 is 0 Å². The van der Waals surface area contributed by atoms with Crippen molar-refractivity contribution in [3.8, 4) is 6.07 Å². The average Bonchev–Trinajstić information content (AvgIpc) is 2.55. The molecular formula is C18H19N3O2. The fourth-order valence-corrected chi connectivity index (χ4v) is 2.50. The number of carbonyl (C=O) groups excluding carboxylic acids is 1. The van der Waals surface area contributed by atoms with Crippen molar-refractivity contribution in [2.24, 2.45) is 0 Å². The zero-order chi connectivity index (χ0) is 17.0. The Labute approximate surface area is 135 Å². The topological polar surface area (TPSA) is 77.0 Å². The van der Waals surface area contributed by atoms with Gasteiger partial charge in [-0.3, -0.25) is 9.59 Å². The number of nitriles is 1. The highest BCUT2D eigenvalue weighted by molar-refractivity contribution is 5.94.